The van der Waals surface area contributed by atoms with Crippen LogP contribution in [-0.4, -0.2) is 0 Å². The molecule has 174 valence electrons. The molecule has 8 fully saturated rings. The minimum Gasteiger partial charge on any atom is -0.0654 e. The fourth-order valence-corrected chi connectivity index (χ4v) is 14.2. The summed E-state index contributed by atoms with van der Waals surface area (Å²) in [4.78, 5) is 0. The van der Waals surface area contributed by atoms with Crippen LogP contribution in [0.5, 0.6) is 0 Å². The van der Waals surface area contributed by atoms with Crippen molar-refractivity contribution in [1.82, 2.24) is 0 Å². The largest absolute Gasteiger partial charge is 0.0654 e. The number of hydrogen-bond acceptors (Lipinski definition) is 0. The second-order valence-electron chi connectivity index (χ2n) is 15.1. The molecule has 0 nitrogen and oxygen atoms in total. The summed E-state index contributed by atoms with van der Waals surface area (Å²) in [5, 5.41) is 0. The highest BCUT2D eigenvalue weighted by atomic mass is 15.1. The molecule has 0 aromatic heterocycles. The second kappa shape index (κ2) is 5.79. The molecule has 0 aromatic rings. The van der Waals surface area contributed by atoms with Crippen molar-refractivity contribution in [2.45, 2.75) is 143 Å². The standard InChI is InChI=1S/C31H50/c1-5-6-10-23-12-19-25(2)20-13-24(23)11-7-16-28-17-8-14-26(3)30(28,21-28)27(4)15-9-18-29(25)22-31(26,27)29/h23-24H,5-22H2,1-4H3. The van der Waals surface area contributed by atoms with Gasteiger partial charge in [-0.2, -0.15) is 0 Å². The van der Waals surface area contributed by atoms with Crippen molar-refractivity contribution in [3.8, 4) is 0 Å². The molecular weight excluding hydrogens is 372 g/mol. The smallest absolute Gasteiger partial charge is 0.0111 e. The second-order valence-corrected chi connectivity index (χ2v) is 15.1. The monoisotopic (exact) mass is 422 g/mol. The normalized spacial score (nSPS) is 63.5. The average molecular weight is 423 g/mol. The molecule has 0 aromatic carbocycles. The maximum absolute atomic E-state index is 2.88. The summed E-state index contributed by atoms with van der Waals surface area (Å²) in [6.45, 7) is 11.0. The van der Waals surface area contributed by atoms with E-state index in [2.05, 4.69) is 27.7 Å². The van der Waals surface area contributed by atoms with Crippen molar-refractivity contribution in [2.24, 2.45) is 49.7 Å². The summed E-state index contributed by atoms with van der Waals surface area (Å²) < 4.78 is 0. The Morgan fingerprint density at radius 3 is 2.16 bits per heavy atom. The minimum absolute atomic E-state index is 0.646. The average Bonchev–Trinajstić information content (AvgIpc) is 3.63. The van der Waals surface area contributed by atoms with E-state index in [0.29, 0.717) is 16.2 Å². The zero-order valence-corrected chi connectivity index (χ0v) is 21.4. The lowest BCUT2D eigenvalue weighted by Crippen LogP contribution is -2.72. The molecule has 8 rings (SSSR count). The van der Waals surface area contributed by atoms with E-state index in [4.69, 9.17) is 0 Å². The van der Waals surface area contributed by atoms with Gasteiger partial charge in [-0.25, -0.2) is 0 Å². The quantitative estimate of drug-likeness (QED) is 0.425. The highest BCUT2D eigenvalue weighted by Gasteiger charge is 3.03. The van der Waals surface area contributed by atoms with E-state index in [1.165, 1.54) is 12.8 Å². The van der Waals surface area contributed by atoms with Gasteiger partial charge in [0.25, 0.3) is 0 Å². The Morgan fingerprint density at radius 2 is 1.39 bits per heavy atom. The van der Waals surface area contributed by atoms with Gasteiger partial charge < -0.3 is 0 Å². The number of fused-ring (bicyclic) bond motifs is 2. The van der Waals surface area contributed by atoms with Gasteiger partial charge in [-0.15, -0.1) is 0 Å². The predicted molar refractivity (Wildman–Crippen MR) is 130 cm³/mol. The predicted octanol–water partition coefficient (Wildman–Crippen LogP) is 9.32. The van der Waals surface area contributed by atoms with Gasteiger partial charge in [-0.1, -0.05) is 72.6 Å². The molecule has 9 atom stereocenters. The van der Waals surface area contributed by atoms with Gasteiger partial charge in [0, 0.05) is 0 Å². The van der Waals surface area contributed by atoms with Crippen LogP contribution in [0.4, 0.5) is 0 Å². The lowest BCUT2D eigenvalue weighted by atomic mass is 9.26. The molecule has 0 saturated heterocycles. The van der Waals surface area contributed by atoms with E-state index in [1.807, 2.05) is 0 Å². The summed E-state index contributed by atoms with van der Waals surface area (Å²) in [6, 6.07) is 0. The molecule has 8 bridgehead atoms. The summed E-state index contributed by atoms with van der Waals surface area (Å²) >= 11 is 0. The first-order valence-electron chi connectivity index (χ1n) is 14.8. The van der Waals surface area contributed by atoms with Crippen LogP contribution in [0, 0.1) is 49.7 Å². The molecule has 0 amide bonds. The number of hydrogen-bond donors (Lipinski definition) is 0. The lowest BCUT2D eigenvalue weighted by molar-refractivity contribution is -0.305. The maximum atomic E-state index is 2.88. The van der Waals surface area contributed by atoms with E-state index in [-0.39, 0.29) is 0 Å². The van der Waals surface area contributed by atoms with Gasteiger partial charge in [-0.05, 0) is 120 Å². The molecule has 0 heterocycles. The Bertz CT molecular complexity index is 778. The SMILES string of the molecule is CCCCC1CCC2(C)CCC1CCCC13CCCC4(C)C1(C3)C1(C)CCCC23CC413. The first-order valence-corrected chi connectivity index (χ1v) is 14.8. The summed E-state index contributed by atoms with van der Waals surface area (Å²) in [5.74, 6) is 2.12. The Labute approximate surface area is 193 Å². The maximum Gasteiger partial charge on any atom is -0.0111 e. The third-order valence-corrected chi connectivity index (χ3v) is 15.1. The van der Waals surface area contributed by atoms with Crippen molar-refractivity contribution in [1.29, 1.82) is 0 Å². The first-order chi connectivity index (χ1) is 14.8. The first kappa shape index (κ1) is 20.4. The molecule has 8 saturated carbocycles. The molecule has 0 heteroatoms. The summed E-state index contributed by atoms with van der Waals surface area (Å²) in [6.07, 6.45) is 28.3. The van der Waals surface area contributed by atoms with E-state index < -0.39 is 0 Å². The van der Waals surface area contributed by atoms with Gasteiger partial charge in [0.05, 0.1) is 0 Å². The van der Waals surface area contributed by atoms with Crippen LogP contribution in [-0.2, 0) is 0 Å². The van der Waals surface area contributed by atoms with Crippen LogP contribution in [0.1, 0.15) is 143 Å². The van der Waals surface area contributed by atoms with Crippen LogP contribution >= 0.6 is 0 Å². The van der Waals surface area contributed by atoms with E-state index in [1.54, 1.807) is 103 Å². The van der Waals surface area contributed by atoms with Gasteiger partial charge in [-0.3, -0.25) is 0 Å². The van der Waals surface area contributed by atoms with Gasteiger partial charge in [0.2, 0.25) is 0 Å². The number of unbranched alkanes of at least 4 members (excludes halogenated alkanes) is 1. The Hall–Kier alpha value is 0. The van der Waals surface area contributed by atoms with Crippen molar-refractivity contribution >= 4 is 0 Å². The van der Waals surface area contributed by atoms with Crippen LogP contribution in [0.3, 0.4) is 0 Å². The minimum atomic E-state index is 0.646. The van der Waals surface area contributed by atoms with Crippen LogP contribution in [0.25, 0.3) is 0 Å². The van der Waals surface area contributed by atoms with Crippen molar-refractivity contribution in [3.63, 3.8) is 0 Å². The third kappa shape index (κ3) is 1.81. The number of rotatable bonds is 3. The topological polar surface area (TPSA) is 0 Å². The molecule has 9 unspecified atom stereocenters. The summed E-state index contributed by atoms with van der Waals surface area (Å²) in [5.41, 5.74) is 5.04. The zero-order chi connectivity index (χ0) is 21.4. The van der Waals surface area contributed by atoms with Gasteiger partial charge in [0.1, 0.15) is 0 Å². The Kier molecular flexibility index (Phi) is 3.81. The Morgan fingerprint density at radius 1 is 0.677 bits per heavy atom. The van der Waals surface area contributed by atoms with Crippen molar-refractivity contribution < 1.29 is 0 Å². The van der Waals surface area contributed by atoms with Crippen molar-refractivity contribution in [3.05, 3.63) is 0 Å². The van der Waals surface area contributed by atoms with Crippen molar-refractivity contribution in [2.75, 3.05) is 0 Å². The van der Waals surface area contributed by atoms with E-state index in [0.717, 1.165) is 33.5 Å². The molecule has 0 radical (unpaired) electrons. The van der Waals surface area contributed by atoms with Crippen LogP contribution in [0.2, 0.25) is 0 Å². The highest BCUT2D eigenvalue weighted by Crippen LogP contribution is 3.09. The van der Waals surface area contributed by atoms with Gasteiger partial charge >= 0.3 is 0 Å². The van der Waals surface area contributed by atoms with E-state index in [9.17, 15) is 0 Å². The van der Waals surface area contributed by atoms with Gasteiger partial charge in [0.15, 0.2) is 0 Å². The molecule has 0 N–H and O–H groups in total. The Balaban J connectivity index is 1.35. The van der Waals surface area contributed by atoms with Crippen LogP contribution in [0.15, 0.2) is 0 Å². The molecule has 8 aliphatic carbocycles. The van der Waals surface area contributed by atoms with Crippen LogP contribution < -0.4 is 0 Å². The lowest BCUT2D eigenvalue weighted by Gasteiger charge is -2.77. The fraction of sp³-hybridized carbons (Fsp3) is 1.00. The molecule has 2 spiro atoms. The fourth-order valence-electron chi connectivity index (χ4n) is 14.2. The highest BCUT2D eigenvalue weighted by molar-refractivity contribution is 5.50. The van der Waals surface area contributed by atoms with E-state index >= 15 is 0 Å². The molecule has 8 aliphatic rings. The third-order valence-electron chi connectivity index (χ3n) is 15.1. The molecule has 31 heavy (non-hydrogen) atoms. The molecule has 0 aliphatic heterocycles. The molecular formula is C31H50. The zero-order valence-electron chi connectivity index (χ0n) is 21.4. The summed E-state index contributed by atoms with van der Waals surface area (Å²) in [7, 11) is 0.